The zero-order valence-corrected chi connectivity index (χ0v) is 44.9. The van der Waals surface area contributed by atoms with Crippen LogP contribution in [-0.4, -0.2) is 178 Å². The Hall–Kier alpha value is 0.0187. The topological polar surface area (TPSA) is 156 Å². The van der Waals surface area contributed by atoms with Crippen LogP contribution in [0.15, 0.2) is 36.4 Å². The normalized spacial score (nSPS) is 11.0. The van der Waals surface area contributed by atoms with Gasteiger partial charge in [0.05, 0.1) is 82.6 Å². The van der Waals surface area contributed by atoms with Crippen molar-refractivity contribution in [2.24, 2.45) is 0 Å². The van der Waals surface area contributed by atoms with Gasteiger partial charge in [-0.05, 0) is 21.7 Å². The van der Waals surface area contributed by atoms with Crippen LogP contribution in [0.3, 0.4) is 0 Å². The molecule has 0 aliphatic rings. The number of hydrogen-bond acceptors (Lipinski definition) is 6. The summed E-state index contributed by atoms with van der Waals surface area (Å²) in [6, 6.07) is 11.7. The molecule has 0 aliphatic carbocycles. The van der Waals surface area contributed by atoms with Crippen molar-refractivity contribution in [2.45, 2.75) is 105 Å². The molecule has 0 aromatic heterocycles. The van der Waals surface area contributed by atoms with Crippen molar-refractivity contribution in [3.8, 4) is 11.5 Å². The van der Waals surface area contributed by atoms with Gasteiger partial charge in [-0.15, -0.1) is 11.5 Å². The van der Waals surface area contributed by atoms with Gasteiger partial charge in [-0.2, -0.15) is 0 Å². The molecule has 0 spiro atoms. The second kappa shape index (κ2) is 36.7. The maximum absolute atomic E-state index is 12.3. The van der Waals surface area contributed by atoms with Crippen molar-refractivity contribution < 1.29 is 50.2 Å². The second-order valence-corrected chi connectivity index (χ2v) is 19.0. The molecule has 0 bridgehead atoms. The predicted molar refractivity (Wildman–Crippen MR) is 234 cm³/mol. The predicted octanol–water partition coefficient (Wildman–Crippen LogP) is -4.47. The fourth-order valence-corrected chi connectivity index (χ4v) is 4.25. The monoisotopic (exact) mass is 839 g/mol. The molecule has 0 heterocycles. The Morgan fingerprint density at radius 3 is 0.561 bits per heavy atom. The van der Waals surface area contributed by atoms with E-state index in [4.69, 9.17) is 0 Å². The Morgan fingerprint density at radius 2 is 0.491 bits per heavy atom. The first kappa shape index (κ1) is 71.5. The molecule has 57 heavy (non-hydrogen) atoms. The van der Waals surface area contributed by atoms with Crippen LogP contribution in [0.1, 0.15) is 105 Å². The summed E-state index contributed by atoms with van der Waals surface area (Å²) < 4.78 is 0. The molecule has 10 nitrogen and oxygen atoms in total. The molecule has 0 radical (unpaired) electrons. The molecule has 0 fully saturated rings. The van der Waals surface area contributed by atoms with Crippen molar-refractivity contribution in [1.29, 1.82) is 0 Å². The van der Waals surface area contributed by atoms with Crippen molar-refractivity contribution in [1.82, 2.24) is 0 Å². The van der Waals surface area contributed by atoms with Gasteiger partial charge in [0, 0.05) is 0 Å². The van der Waals surface area contributed by atoms with Crippen LogP contribution in [0.4, 0.5) is 0 Å². The Morgan fingerprint density at radius 1 is 0.351 bits per heavy atom. The first-order valence-corrected chi connectivity index (χ1v) is 19.5. The van der Waals surface area contributed by atoms with Crippen molar-refractivity contribution in [3.05, 3.63) is 58.7 Å². The van der Waals surface area contributed by atoms with Crippen LogP contribution in [-0.2, 0) is 21.7 Å². The summed E-state index contributed by atoms with van der Waals surface area (Å²) in [4.78, 5) is 4.91. The molecule has 0 saturated carbocycles. The van der Waals surface area contributed by atoms with Gasteiger partial charge in [0.25, 0.3) is 0 Å². The summed E-state index contributed by atoms with van der Waals surface area (Å²) in [5.74, 6) is 0.412. The molecule has 13 heteroatoms. The number of likely N-dealkylation sites (N-methyl/N-ethyl adjacent to an activating group) is 4. The number of rotatable bonds is 8. The molecule has 2 rings (SSSR count). The van der Waals surface area contributed by atoms with Gasteiger partial charge >= 0.3 is 69.2 Å². The van der Waals surface area contributed by atoms with Crippen molar-refractivity contribution in [2.75, 3.05) is 109 Å². The zero-order chi connectivity index (χ0) is 43.7. The van der Waals surface area contributed by atoms with E-state index in [1.807, 2.05) is 92.8 Å². The molecule has 0 aliphatic heterocycles. The minimum absolute atomic E-state index is 0. The Balaban J connectivity index is -0.000000111. The maximum atomic E-state index is 12.3. The van der Waals surface area contributed by atoms with E-state index in [1.54, 1.807) is 0 Å². The molecule has 320 valence electrons. The average Bonchev–Trinajstić information content (AvgIpc) is 2.96. The molecule has 0 unspecified atom stereocenters. The minimum atomic E-state index is -0.0711. The van der Waals surface area contributed by atoms with Gasteiger partial charge < -0.3 is 50.2 Å². The van der Waals surface area contributed by atoms with Crippen LogP contribution in [0, 0.1) is 0 Å². The third kappa shape index (κ3) is 39.9. The average molecular weight is 840 g/mol. The summed E-state index contributed by atoms with van der Waals surface area (Å²) in [6.07, 6.45) is 0. The van der Waals surface area contributed by atoms with Crippen LogP contribution < -0.4 is 50.2 Å². The quantitative estimate of drug-likeness (QED) is 0.197. The van der Waals surface area contributed by atoms with Crippen LogP contribution >= 0.6 is 0 Å². The molecule has 0 atom stereocenters. The van der Waals surface area contributed by atoms with Gasteiger partial charge in [0.1, 0.15) is 0 Å². The van der Waals surface area contributed by atoms with Gasteiger partial charge in [-0.25, -0.2) is 0 Å². The smallest absolute Gasteiger partial charge is 0.872 e. The van der Waals surface area contributed by atoms with E-state index in [9.17, 15) is 30.6 Å². The van der Waals surface area contributed by atoms with Crippen LogP contribution in [0.2, 0.25) is 0 Å². The van der Waals surface area contributed by atoms with E-state index < -0.39 is 0 Å². The standard InChI is InChI=1S/2C14H22O.4C4H10NO.3Mg/c2*1-13(2,3)10-8-7-9-11(12(10)15)14(4,5)6;4*1-5(2)3-4-6;;;/h2*7-9,15H,1-6H3;4*3-4H2,1-2H3;;;/q;;4*-1;3*+2/p+2. The Labute approximate surface area is 400 Å². The first-order chi connectivity index (χ1) is 24.4. The van der Waals surface area contributed by atoms with E-state index in [2.05, 4.69) is 83.1 Å². The largest absolute Gasteiger partial charge is 2.00 e. The number of hydrogen-bond donors (Lipinski definition) is 4. The summed E-state index contributed by atoms with van der Waals surface area (Å²) >= 11 is 0. The SMILES string of the molecule is CC(C)(C)c1cccc(C(C)(C)C)c1[O-].CC(C)(C)c1cccc(C(C)(C)C)c1[O-].C[NH+](C)CC[O-].C[NH+](C)CC[O-].C[NH+](C)CC[O-].C[NH+](C)CC[O-].[Mg+2].[Mg+2].[Mg+2]. The van der Waals surface area contributed by atoms with Gasteiger partial charge in [-0.1, -0.05) is 168 Å². The summed E-state index contributed by atoms with van der Waals surface area (Å²) in [5, 5.41) is 63.4. The van der Waals surface area contributed by atoms with E-state index >= 15 is 0 Å². The number of benzene rings is 2. The number of para-hydroxylation sites is 2. The third-order valence-electron chi connectivity index (χ3n) is 7.67. The van der Waals surface area contributed by atoms with E-state index in [0.717, 1.165) is 48.4 Å². The fourth-order valence-electron chi connectivity index (χ4n) is 4.25. The number of nitrogens with one attached hydrogen (secondary N) is 4. The van der Waals surface area contributed by atoms with E-state index in [-0.39, 0.29) is 129 Å². The third-order valence-corrected chi connectivity index (χ3v) is 7.67. The molecule has 2 aromatic carbocycles. The maximum Gasteiger partial charge on any atom is 2.00 e. The van der Waals surface area contributed by atoms with Gasteiger partial charge in [-0.3, -0.25) is 0 Å². The summed E-state index contributed by atoms with van der Waals surface area (Å²) in [6.45, 7) is 28.1. The van der Waals surface area contributed by atoms with Crippen LogP contribution in [0.5, 0.6) is 11.5 Å². The molecule has 0 saturated heterocycles. The Kier molecular flexibility index (Phi) is 46.0. The van der Waals surface area contributed by atoms with E-state index in [1.165, 1.54) is 19.6 Å². The fraction of sp³-hybridized carbons (Fsp3) is 0.727. The molecule has 4 N–H and O–H groups in total. The Bertz CT molecular complexity index is 1030. The summed E-state index contributed by atoms with van der Waals surface area (Å²) in [7, 11) is 15.8. The summed E-state index contributed by atoms with van der Waals surface area (Å²) in [5.41, 5.74) is 3.36. The zero-order valence-electron chi connectivity index (χ0n) is 40.7. The molecule has 2 aromatic rings. The van der Waals surface area contributed by atoms with Crippen molar-refractivity contribution >= 4 is 69.2 Å². The molecular weight excluding hydrogens is 753 g/mol. The van der Waals surface area contributed by atoms with Gasteiger partial charge in [0.2, 0.25) is 0 Å². The van der Waals surface area contributed by atoms with E-state index in [0.29, 0.717) is 0 Å². The van der Waals surface area contributed by atoms with Crippen molar-refractivity contribution in [3.63, 3.8) is 0 Å². The van der Waals surface area contributed by atoms with Gasteiger partial charge in [0.15, 0.2) is 0 Å². The molecular formula is C44H86Mg3N4O6+4. The molecule has 0 amide bonds. The minimum Gasteiger partial charge on any atom is -0.872 e. The number of quaternary nitrogens is 4. The van der Waals surface area contributed by atoms with Crippen LogP contribution in [0.25, 0.3) is 0 Å². The second-order valence-electron chi connectivity index (χ2n) is 19.0. The first-order valence-electron chi connectivity index (χ1n) is 19.5.